The standard InChI is InChI=1S/C16H24FNO/c1-3-9-18-15-8-7-12(2)10-16(15)19-14-6-4-5-13(17)11-14/h4-6,11-12,15-16,18H,3,7-10H2,1-2H3. The first-order valence-electron chi connectivity index (χ1n) is 7.34. The van der Waals surface area contributed by atoms with E-state index in [1.807, 2.05) is 6.07 Å². The third-order valence-electron chi connectivity index (χ3n) is 3.79. The minimum absolute atomic E-state index is 0.150. The molecule has 0 bridgehead atoms. The second-order valence-corrected chi connectivity index (χ2v) is 5.59. The number of hydrogen-bond acceptors (Lipinski definition) is 2. The maximum atomic E-state index is 13.2. The summed E-state index contributed by atoms with van der Waals surface area (Å²) in [4.78, 5) is 0. The number of benzene rings is 1. The summed E-state index contributed by atoms with van der Waals surface area (Å²) < 4.78 is 19.2. The summed E-state index contributed by atoms with van der Waals surface area (Å²) in [5.74, 6) is 1.08. The molecule has 0 heterocycles. The van der Waals surface area contributed by atoms with Crippen LogP contribution in [0.4, 0.5) is 4.39 Å². The van der Waals surface area contributed by atoms with Crippen LogP contribution >= 0.6 is 0 Å². The van der Waals surface area contributed by atoms with Crippen LogP contribution in [0.3, 0.4) is 0 Å². The molecule has 2 rings (SSSR count). The van der Waals surface area contributed by atoms with Gasteiger partial charge in [0.25, 0.3) is 0 Å². The molecule has 3 atom stereocenters. The molecule has 0 aromatic heterocycles. The lowest BCUT2D eigenvalue weighted by Gasteiger charge is -2.35. The summed E-state index contributed by atoms with van der Waals surface area (Å²) in [5.41, 5.74) is 0. The van der Waals surface area contributed by atoms with Gasteiger partial charge in [-0.25, -0.2) is 4.39 Å². The van der Waals surface area contributed by atoms with Gasteiger partial charge >= 0.3 is 0 Å². The van der Waals surface area contributed by atoms with E-state index in [2.05, 4.69) is 19.2 Å². The first-order valence-corrected chi connectivity index (χ1v) is 7.34. The third-order valence-corrected chi connectivity index (χ3v) is 3.79. The number of hydrogen-bond donors (Lipinski definition) is 1. The van der Waals surface area contributed by atoms with E-state index in [0.29, 0.717) is 17.7 Å². The van der Waals surface area contributed by atoms with Crippen molar-refractivity contribution in [3.8, 4) is 5.75 Å². The van der Waals surface area contributed by atoms with E-state index in [-0.39, 0.29) is 11.9 Å². The summed E-state index contributed by atoms with van der Waals surface area (Å²) in [7, 11) is 0. The van der Waals surface area contributed by atoms with Crippen molar-refractivity contribution in [1.29, 1.82) is 0 Å². The van der Waals surface area contributed by atoms with Crippen LogP contribution in [0.5, 0.6) is 5.75 Å². The SMILES string of the molecule is CCCNC1CCC(C)CC1Oc1cccc(F)c1. The van der Waals surface area contributed by atoms with E-state index in [4.69, 9.17) is 4.74 Å². The molecule has 0 aliphatic heterocycles. The summed E-state index contributed by atoms with van der Waals surface area (Å²) in [5, 5.41) is 3.56. The highest BCUT2D eigenvalue weighted by atomic mass is 19.1. The van der Waals surface area contributed by atoms with Crippen molar-refractivity contribution < 1.29 is 9.13 Å². The molecular formula is C16H24FNO. The molecule has 106 valence electrons. The average molecular weight is 265 g/mol. The van der Waals surface area contributed by atoms with Crippen molar-refractivity contribution >= 4 is 0 Å². The molecule has 0 radical (unpaired) electrons. The highest BCUT2D eigenvalue weighted by Crippen LogP contribution is 2.28. The predicted molar refractivity (Wildman–Crippen MR) is 75.9 cm³/mol. The quantitative estimate of drug-likeness (QED) is 0.875. The van der Waals surface area contributed by atoms with E-state index in [1.165, 1.54) is 18.6 Å². The zero-order valence-electron chi connectivity index (χ0n) is 11.9. The van der Waals surface area contributed by atoms with Gasteiger partial charge in [-0.15, -0.1) is 0 Å². The number of nitrogens with one attached hydrogen (secondary N) is 1. The lowest BCUT2D eigenvalue weighted by molar-refractivity contribution is 0.0906. The third kappa shape index (κ3) is 4.20. The number of ether oxygens (including phenoxy) is 1. The highest BCUT2D eigenvalue weighted by Gasteiger charge is 2.29. The van der Waals surface area contributed by atoms with Gasteiger partial charge in [0.1, 0.15) is 17.7 Å². The molecular weight excluding hydrogens is 241 g/mol. The predicted octanol–water partition coefficient (Wildman–Crippen LogP) is 3.76. The average Bonchev–Trinajstić information content (AvgIpc) is 2.38. The maximum Gasteiger partial charge on any atom is 0.126 e. The Balaban J connectivity index is 2.00. The van der Waals surface area contributed by atoms with Crippen molar-refractivity contribution in [3.63, 3.8) is 0 Å². The van der Waals surface area contributed by atoms with Crippen molar-refractivity contribution in [2.45, 2.75) is 51.7 Å². The number of rotatable bonds is 5. The lowest BCUT2D eigenvalue weighted by atomic mass is 9.85. The fourth-order valence-electron chi connectivity index (χ4n) is 2.74. The normalized spacial score (nSPS) is 27.2. The van der Waals surface area contributed by atoms with Crippen LogP contribution in [0.25, 0.3) is 0 Å². The molecule has 19 heavy (non-hydrogen) atoms. The van der Waals surface area contributed by atoms with Crippen LogP contribution in [0.2, 0.25) is 0 Å². The van der Waals surface area contributed by atoms with Gasteiger partial charge in [0, 0.05) is 12.1 Å². The van der Waals surface area contributed by atoms with Gasteiger partial charge < -0.3 is 10.1 Å². The van der Waals surface area contributed by atoms with Crippen molar-refractivity contribution in [2.75, 3.05) is 6.54 Å². The van der Waals surface area contributed by atoms with Gasteiger partial charge in [-0.1, -0.05) is 19.9 Å². The van der Waals surface area contributed by atoms with Crippen LogP contribution < -0.4 is 10.1 Å². The van der Waals surface area contributed by atoms with Gasteiger partial charge in [0.15, 0.2) is 0 Å². The van der Waals surface area contributed by atoms with Crippen LogP contribution in [0.15, 0.2) is 24.3 Å². The summed E-state index contributed by atoms with van der Waals surface area (Å²) in [6.07, 6.45) is 4.69. The minimum Gasteiger partial charge on any atom is -0.489 e. The Morgan fingerprint density at radius 3 is 2.95 bits per heavy atom. The molecule has 1 saturated carbocycles. The molecule has 1 aromatic rings. The fraction of sp³-hybridized carbons (Fsp3) is 0.625. The Morgan fingerprint density at radius 1 is 1.37 bits per heavy atom. The van der Waals surface area contributed by atoms with Crippen LogP contribution in [0, 0.1) is 11.7 Å². The van der Waals surface area contributed by atoms with Crippen molar-refractivity contribution in [2.24, 2.45) is 5.92 Å². The molecule has 0 spiro atoms. The van der Waals surface area contributed by atoms with Gasteiger partial charge in [0.05, 0.1) is 0 Å². The Morgan fingerprint density at radius 2 is 2.21 bits per heavy atom. The van der Waals surface area contributed by atoms with E-state index in [1.54, 1.807) is 6.07 Å². The minimum atomic E-state index is -0.237. The first kappa shape index (κ1) is 14.3. The van der Waals surface area contributed by atoms with Gasteiger partial charge in [-0.05, 0) is 50.3 Å². The van der Waals surface area contributed by atoms with E-state index >= 15 is 0 Å². The molecule has 1 N–H and O–H groups in total. The number of halogens is 1. The van der Waals surface area contributed by atoms with Crippen molar-refractivity contribution in [1.82, 2.24) is 5.32 Å². The molecule has 3 unspecified atom stereocenters. The smallest absolute Gasteiger partial charge is 0.126 e. The summed E-state index contributed by atoms with van der Waals surface area (Å²) >= 11 is 0. The first-order chi connectivity index (χ1) is 9.19. The van der Waals surface area contributed by atoms with Crippen LogP contribution in [-0.2, 0) is 0 Å². The maximum absolute atomic E-state index is 13.2. The fourth-order valence-corrected chi connectivity index (χ4v) is 2.74. The molecule has 1 aromatic carbocycles. The summed E-state index contributed by atoms with van der Waals surface area (Å²) in [6, 6.07) is 6.84. The Labute approximate surface area is 115 Å². The Bertz CT molecular complexity index is 394. The Hall–Kier alpha value is -1.09. The van der Waals surface area contributed by atoms with E-state index in [9.17, 15) is 4.39 Å². The zero-order valence-corrected chi connectivity index (χ0v) is 11.9. The molecule has 1 aliphatic rings. The van der Waals surface area contributed by atoms with E-state index in [0.717, 1.165) is 25.8 Å². The lowest BCUT2D eigenvalue weighted by Crippen LogP contribution is -2.47. The molecule has 3 heteroatoms. The monoisotopic (exact) mass is 265 g/mol. The van der Waals surface area contributed by atoms with E-state index < -0.39 is 0 Å². The molecule has 2 nitrogen and oxygen atoms in total. The molecule has 0 saturated heterocycles. The molecule has 1 aliphatic carbocycles. The van der Waals surface area contributed by atoms with Gasteiger partial charge in [-0.3, -0.25) is 0 Å². The van der Waals surface area contributed by atoms with Gasteiger partial charge in [-0.2, -0.15) is 0 Å². The second-order valence-electron chi connectivity index (χ2n) is 5.59. The topological polar surface area (TPSA) is 21.3 Å². The largest absolute Gasteiger partial charge is 0.489 e. The van der Waals surface area contributed by atoms with Crippen LogP contribution in [-0.4, -0.2) is 18.7 Å². The molecule has 1 fully saturated rings. The molecule has 0 amide bonds. The van der Waals surface area contributed by atoms with Crippen LogP contribution in [0.1, 0.15) is 39.5 Å². The van der Waals surface area contributed by atoms with Crippen molar-refractivity contribution in [3.05, 3.63) is 30.1 Å². The second kappa shape index (κ2) is 6.90. The highest BCUT2D eigenvalue weighted by molar-refractivity contribution is 5.23. The zero-order chi connectivity index (χ0) is 13.7. The summed E-state index contributed by atoms with van der Waals surface area (Å²) in [6.45, 7) is 5.45. The van der Waals surface area contributed by atoms with Gasteiger partial charge in [0.2, 0.25) is 0 Å². The Kier molecular flexibility index (Phi) is 5.20.